The third kappa shape index (κ3) is 1.82. The Hall–Kier alpha value is -0.880. The average Bonchev–Trinajstić information content (AvgIpc) is 2.13. The summed E-state index contributed by atoms with van der Waals surface area (Å²) in [5.41, 5.74) is 0.841. The number of aromatic nitrogens is 2. The van der Waals surface area contributed by atoms with Gasteiger partial charge in [0.25, 0.3) is 11.3 Å². The molecule has 56 valence electrons. The SMILES string of the molecule is Cc1cc(NS(=O)O)n[nH]1. The minimum absolute atomic E-state index is 0.373. The zero-order valence-corrected chi connectivity index (χ0v) is 6.10. The first kappa shape index (κ1) is 7.23. The highest BCUT2D eigenvalue weighted by Crippen LogP contribution is 2.02. The monoisotopic (exact) mass is 161 g/mol. The number of hydrogen-bond donors (Lipinski definition) is 3. The van der Waals surface area contributed by atoms with E-state index in [1.165, 1.54) is 0 Å². The van der Waals surface area contributed by atoms with Gasteiger partial charge in [-0.25, -0.2) is 4.21 Å². The molecule has 10 heavy (non-hydrogen) atoms. The summed E-state index contributed by atoms with van der Waals surface area (Å²) < 4.78 is 20.7. The molecule has 1 unspecified atom stereocenters. The van der Waals surface area contributed by atoms with E-state index in [1.807, 2.05) is 0 Å². The lowest BCUT2D eigenvalue weighted by molar-refractivity contribution is 0.570. The first-order valence-electron chi connectivity index (χ1n) is 2.58. The van der Waals surface area contributed by atoms with Crippen molar-refractivity contribution in [2.24, 2.45) is 0 Å². The summed E-state index contributed by atoms with van der Waals surface area (Å²) in [7, 11) is 0. The predicted molar refractivity (Wildman–Crippen MR) is 37.7 cm³/mol. The summed E-state index contributed by atoms with van der Waals surface area (Å²) >= 11 is -2.04. The van der Waals surface area contributed by atoms with Crippen molar-refractivity contribution in [3.63, 3.8) is 0 Å². The van der Waals surface area contributed by atoms with Gasteiger partial charge in [0, 0.05) is 11.8 Å². The molecule has 1 rings (SSSR count). The second kappa shape index (κ2) is 2.80. The Bertz CT molecular complexity index is 246. The maximum absolute atomic E-state index is 10.1. The molecule has 5 nitrogen and oxygen atoms in total. The fourth-order valence-corrected chi connectivity index (χ4v) is 0.843. The van der Waals surface area contributed by atoms with E-state index in [2.05, 4.69) is 14.9 Å². The molecule has 6 heteroatoms. The van der Waals surface area contributed by atoms with E-state index in [0.717, 1.165) is 5.69 Å². The van der Waals surface area contributed by atoms with Crippen molar-refractivity contribution in [1.82, 2.24) is 10.2 Å². The summed E-state index contributed by atoms with van der Waals surface area (Å²) in [6.45, 7) is 1.80. The van der Waals surface area contributed by atoms with Crippen LogP contribution in [0.3, 0.4) is 0 Å². The normalized spacial score (nSPS) is 13.0. The van der Waals surface area contributed by atoms with Crippen LogP contribution in [0.4, 0.5) is 5.82 Å². The molecule has 0 amide bonds. The van der Waals surface area contributed by atoms with Crippen LogP contribution in [-0.4, -0.2) is 19.0 Å². The van der Waals surface area contributed by atoms with Crippen LogP contribution >= 0.6 is 0 Å². The zero-order chi connectivity index (χ0) is 7.56. The Morgan fingerprint density at radius 1 is 1.90 bits per heavy atom. The van der Waals surface area contributed by atoms with Crippen LogP contribution < -0.4 is 4.72 Å². The van der Waals surface area contributed by atoms with E-state index in [-0.39, 0.29) is 0 Å². The van der Waals surface area contributed by atoms with Gasteiger partial charge in [0.15, 0.2) is 5.82 Å². The van der Waals surface area contributed by atoms with Gasteiger partial charge in [-0.05, 0) is 6.92 Å². The van der Waals surface area contributed by atoms with Crippen molar-refractivity contribution in [3.05, 3.63) is 11.8 Å². The molecule has 0 saturated heterocycles. The Morgan fingerprint density at radius 2 is 2.60 bits per heavy atom. The minimum atomic E-state index is -2.04. The van der Waals surface area contributed by atoms with Crippen LogP contribution in [-0.2, 0) is 11.3 Å². The van der Waals surface area contributed by atoms with Crippen LogP contribution in [0.25, 0.3) is 0 Å². The molecule has 1 aromatic heterocycles. The van der Waals surface area contributed by atoms with Gasteiger partial charge in [-0.2, -0.15) is 5.10 Å². The average molecular weight is 161 g/mol. The third-order valence-electron chi connectivity index (χ3n) is 0.898. The Morgan fingerprint density at radius 3 is 3.00 bits per heavy atom. The molecule has 1 atom stereocenters. The Labute approximate surface area is 60.3 Å². The van der Waals surface area contributed by atoms with E-state index in [1.54, 1.807) is 13.0 Å². The lowest BCUT2D eigenvalue weighted by Gasteiger charge is -1.90. The van der Waals surface area contributed by atoms with Crippen molar-refractivity contribution < 1.29 is 8.76 Å². The van der Waals surface area contributed by atoms with Crippen LogP contribution in [0.2, 0.25) is 0 Å². The lowest BCUT2D eigenvalue weighted by Crippen LogP contribution is -2.01. The number of aryl methyl sites for hydroxylation is 1. The van der Waals surface area contributed by atoms with Gasteiger partial charge in [-0.1, -0.05) is 0 Å². The fourth-order valence-electron chi connectivity index (χ4n) is 0.560. The zero-order valence-electron chi connectivity index (χ0n) is 5.29. The van der Waals surface area contributed by atoms with Crippen LogP contribution in [0.1, 0.15) is 5.69 Å². The van der Waals surface area contributed by atoms with Gasteiger partial charge < -0.3 is 0 Å². The first-order chi connectivity index (χ1) is 4.68. The van der Waals surface area contributed by atoms with Crippen molar-refractivity contribution in [2.45, 2.75) is 6.92 Å². The van der Waals surface area contributed by atoms with E-state index in [4.69, 9.17) is 4.55 Å². The van der Waals surface area contributed by atoms with Gasteiger partial charge in [-0.15, -0.1) is 0 Å². The van der Waals surface area contributed by atoms with Crippen LogP contribution in [0, 0.1) is 6.92 Å². The maximum Gasteiger partial charge on any atom is 0.260 e. The van der Waals surface area contributed by atoms with Crippen molar-refractivity contribution in [2.75, 3.05) is 4.72 Å². The summed E-state index contributed by atoms with van der Waals surface area (Å²) in [5, 5.41) is 6.28. The van der Waals surface area contributed by atoms with Gasteiger partial charge in [0.05, 0.1) is 0 Å². The van der Waals surface area contributed by atoms with Gasteiger partial charge in [0.1, 0.15) is 0 Å². The molecule has 0 aliphatic rings. The van der Waals surface area contributed by atoms with E-state index < -0.39 is 11.3 Å². The molecule has 0 radical (unpaired) electrons. The number of hydrogen-bond acceptors (Lipinski definition) is 2. The number of anilines is 1. The number of H-pyrrole nitrogens is 1. The highest BCUT2D eigenvalue weighted by molar-refractivity contribution is 7.80. The molecular weight excluding hydrogens is 154 g/mol. The molecule has 1 heterocycles. The quantitative estimate of drug-likeness (QED) is 0.545. The second-order valence-electron chi connectivity index (χ2n) is 1.79. The topological polar surface area (TPSA) is 78.0 Å². The van der Waals surface area contributed by atoms with E-state index in [0.29, 0.717) is 5.82 Å². The summed E-state index contributed by atoms with van der Waals surface area (Å²) in [6.07, 6.45) is 0. The molecule has 1 aromatic rings. The van der Waals surface area contributed by atoms with E-state index >= 15 is 0 Å². The molecule has 0 bridgehead atoms. The number of nitrogens with zero attached hydrogens (tertiary/aromatic N) is 1. The first-order valence-corrected chi connectivity index (χ1v) is 3.68. The molecule has 0 aromatic carbocycles. The van der Waals surface area contributed by atoms with Gasteiger partial charge in [0.2, 0.25) is 0 Å². The maximum atomic E-state index is 10.1. The lowest BCUT2D eigenvalue weighted by atomic mass is 10.5. The number of rotatable bonds is 2. The van der Waals surface area contributed by atoms with Crippen LogP contribution in [0.15, 0.2) is 6.07 Å². The summed E-state index contributed by atoms with van der Waals surface area (Å²) in [4.78, 5) is 0. The molecule has 0 spiro atoms. The second-order valence-corrected chi connectivity index (χ2v) is 2.49. The van der Waals surface area contributed by atoms with Crippen molar-refractivity contribution in [3.8, 4) is 0 Å². The number of nitrogens with one attached hydrogen (secondary N) is 2. The fraction of sp³-hybridized carbons (Fsp3) is 0.250. The molecular formula is C4H7N3O2S. The van der Waals surface area contributed by atoms with Crippen molar-refractivity contribution in [1.29, 1.82) is 0 Å². The largest absolute Gasteiger partial charge is 0.289 e. The molecule has 0 aliphatic heterocycles. The molecule has 0 fully saturated rings. The Kier molecular flexibility index (Phi) is 2.03. The highest BCUT2D eigenvalue weighted by Gasteiger charge is 1.97. The summed E-state index contributed by atoms with van der Waals surface area (Å²) in [5.74, 6) is 0.373. The molecule has 0 saturated carbocycles. The predicted octanol–water partition coefficient (Wildman–Crippen LogP) is 0.267. The van der Waals surface area contributed by atoms with Gasteiger partial charge >= 0.3 is 0 Å². The molecule has 0 aliphatic carbocycles. The smallest absolute Gasteiger partial charge is 0.260 e. The van der Waals surface area contributed by atoms with Crippen LogP contribution in [0.5, 0.6) is 0 Å². The minimum Gasteiger partial charge on any atom is -0.289 e. The van der Waals surface area contributed by atoms with Crippen molar-refractivity contribution >= 4 is 17.1 Å². The molecule has 3 N–H and O–H groups in total. The van der Waals surface area contributed by atoms with Gasteiger partial charge in [-0.3, -0.25) is 14.4 Å². The van der Waals surface area contributed by atoms with E-state index in [9.17, 15) is 4.21 Å². The highest BCUT2D eigenvalue weighted by atomic mass is 32.2. The Balaban J connectivity index is 2.67. The summed E-state index contributed by atoms with van der Waals surface area (Å²) in [6, 6.07) is 1.63. The number of aromatic amines is 1. The standard InChI is InChI=1S/C4H7N3O2S/c1-3-2-4(6-5-3)7-10(8)9/h2H,1H3,(H,8,9)(H2,5,6,7). The third-order valence-corrected chi connectivity index (χ3v) is 1.28.